The van der Waals surface area contributed by atoms with E-state index in [0.717, 1.165) is 10.6 Å². The molecule has 0 bridgehead atoms. The molecule has 1 aromatic rings. The van der Waals surface area contributed by atoms with Crippen LogP contribution in [0.4, 0.5) is 0 Å². The summed E-state index contributed by atoms with van der Waals surface area (Å²) in [4.78, 5) is 11.6. The van der Waals surface area contributed by atoms with Gasteiger partial charge in [0.25, 0.3) is 0 Å². The van der Waals surface area contributed by atoms with Crippen LogP contribution in [0.15, 0.2) is 24.3 Å². The van der Waals surface area contributed by atoms with E-state index in [4.69, 9.17) is 11.6 Å². The third-order valence-corrected chi connectivity index (χ3v) is 3.17. The van der Waals surface area contributed by atoms with Crippen LogP contribution in [0.5, 0.6) is 0 Å². The monoisotopic (exact) mass is 304 g/mol. The molecule has 0 aliphatic rings. The van der Waals surface area contributed by atoms with E-state index in [2.05, 4.69) is 24.5 Å². The number of rotatable bonds is 6. The molecule has 1 aromatic carbocycles. The average Bonchev–Trinajstić information content (AvgIpc) is 2.34. The van der Waals surface area contributed by atoms with E-state index in [0.29, 0.717) is 19.5 Å². The molecule has 0 radical (unpaired) electrons. The van der Waals surface area contributed by atoms with E-state index in [-0.39, 0.29) is 23.7 Å². The van der Waals surface area contributed by atoms with Gasteiger partial charge in [-0.3, -0.25) is 4.79 Å². The highest BCUT2D eigenvalue weighted by molar-refractivity contribution is 6.30. The molecule has 19 heavy (non-hydrogen) atoms. The minimum atomic E-state index is -0.125. The molecule has 0 saturated heterocycles. The molecule has 0 atom stereocenters. The van der Waals surface area contributed by atoms with Crippen molar-refractivity contribution in [3.05, 3.63) is 34.9 Å². The Morgan fingerprint density at radius 2 is 2.05 bits per heavy atom. The van der Waals surface area contributed by atoms with Gasteiger partial charge in [-0.25, -0.2) is 0 Å². The first-order chi connectivity index (χ1) is 8.45. The van der Waals surface area contributed by atoms with Crippen molar-refractivity contribution in [3.63, 3.8) is 0 Å². The van der Waals surface area contributed by atoms with Crippen LogP contribution >= 0.6 is 24.0 Å². The van der Waals surface area contributed by atoms with Crippen molar-refractivity contribution in [2.45, 2.75) is 25.7 Å². The number of nitrogens with one attached hydrogen (secondary N) is 2. The molecule has 3 nitrogen and oxygen atoms in total. The zero-order chi connectivity index (χ0) is 13.6. The minimum Gasteiger partial charge on any atom is -0.355 e. The maximum absolute atomic E-state index is 11.6. The molecule has 5 heteroatoms. The standard InChI is InChI=1S/C14H21ClN2O.ClH/c1-14(2,10-17-13(18)7-8-16-3)11-5-4-6-12(15)9-11;/h4-6,9,16H,7-8,10H2,1-3H3,(H,17,18);1H. The van der Waals surface area contributed by atoms with Crippen LogP contribution in [-0.4, -0.2) is 26.0 Å². The Kier molecular flexibility index (Phi) is 8.07. The van der Waals surface area contributed by atoms with E-state index in [9.17, 15) is 4.79 Å². The summed E-state index contributed by atoms with van der Waals surface area (Å²) in [5, 5.41) is 6.63. The molecular formula is C14H22Cl2N2O. The van der Waals surface area contributed by atoms with Gasteiger partial charge in [0.15, 0.2) is 0 Å². The average molecular weight is 305 g/mol. The number of hydrogen-bond donors (Lipinski definition) is 2. The molecular weight excluding hydrogens is 283 g/mol. The Morgan fingerprint density at radius 1 is 1.37 bits per heavy atom. The van der Waals surface area contributed by atoms with Gasteiger partial charge >= 0.3 is 0 Å². The fourth-order valence-electron chi connectivity index (χ4n) is 1.66. The predicted octanol–water partition coefficient (Wildman–Crippen LogP) is 2.77. The van der Waals surface area contributed by atoms with Gasteiger partial charge in [0, 0.05) is 29.9 Å². The van der Waals surface area contributed by atoms with E-state index in [1.807, 2.05) is 31.3 Å². The number of benzene rings is 1. The summed E-state index contributed by atoms with van der Waals surface area (Å²) in [7, 11) is 1.84. The Hall–Kier alpha value is -0.770. The van der Waals surface area contributed by atoms with Crippen molar-refractivity contribution in [2.24, 2.45) is 0 Å². The van der Waals surface area contributed by atoms with Crippen molar-refractivity contribution >= 4 is 29.9 Å². The molecule has 0 aliphatic heterocycles. The molecule has 1 amide bonds. The summed E-state index contributed by atoms with van der Waals surface area (Å²) < 4.78 is 0. The maximum atomic E-state index is 11.6. The smallest absolute Gasteiger partial charge is 0.221 e. The molecule has 0 aliphatic carbocycles. The first kappa shape index (κ1) is 18.2. The van der Waals surface area contributed by atoms with Crippen LogP contribution in [0.1, 0.15) is 25.8 Å². The molecule has 108 valence electrons. The summed E-state index contributed by atoms with van der Waals surface area (Å²) in [6.45, 7) is 5.49. The van der Waals surface area contributed by atoms with Crippen LogP contribution in [-0.2, 0) is 10.2 Å². The summed E-state index contributed by atoms with van der Waals surface area (Å²) in [6, 6.07) is 7.77. The fraction of sp³-hybridized carbons (Fsp3) is 0.500. The molecule has 0 saturated carbocycles. The Balaban J connectivity index is 0.00000324. The number of carbonyl (C=O) groups excluding carboxylic acids is 1. The van der Waals surface area contributed by atoms with Crippen LogP contribution in [0.3, 0.4) is 0 Å². The predicted molar refractivity (Wildman–Crippen MR) is 83.3 cm³/mol. The third-order valence-electron chi connectivity index (χ3n) is 2.94. The largest absolute Gasteiger partial charge is 0.355 e. The van der Waals surface area contributed by atoms with Gasteiger partial charge in [0.05, 0.1) is 0 Å². The summed E-state index contributed by atoms with van der Waals surface area (Å²) >= 11 is 5.99. The topological polar surface area (TPSA) is 41.1 Å². The second-order valence-corrected chi connectivity index (χ2v) is 5.46. The van der Waals surface area contributed by atoms with Gasteiger partial charge in [-0.15, -0.1) is 12.4 Å². The van der Waals surface area contributed by atoms with Crippen LogP contribution in [0.2, 0.25) is 5.02 Å². The highest BCUT2D eigenvalue weighted by Gasteiger charge is 2.21. The molecule has 0 heterocycles. The quantitative estimate of drug-likeness (QED) is 0.848. The van der Waals surface area contributed by atoms with Crippen molar-refractivity contribution in [2.75, 3.05) is 20.1 Å². The number of halogens is 2. The fourth-order valence-corrected chi connectivity index (χ4v) is 1.85. The molecule has 1 rings (SSSR count). The lowest BCUT2D eigenvalue weighted by Gasteiger charge is -2.26. The molecule has 0 aromatic heterocycles. The van der Waals surface area contributed by atoms with Crippen LogP contribution < -0.4 is 10.6 Å². The van der Waals surface area contributed by atoms with Crippen molar-refractivity contribution < 1.29 is 4.79 Å². The second kappa shape index (κ2) is 8.41. The van der Waals surface area contributed by atoms with E-state index < -0.39 is 0 Å². The first-order valence-electron chi connectivity index (χ1n) is 6.13. The van der Waals surface area contributed by atoms with Gasteiger partial charge < -0.3 is 10.6 Å². The number of carbonyl (C=O) groups is 1. The SMILES string of the molecule is CNCCC(=O)NCC(C)(C)c1cccc(Cl)c1.Cl. The Labute approximate surface area is 126 Å². The van der Waals surface area contributed by atoms with Crippen molar-refractivity contribution in [1.29, 1.82) is 0 Å². The van der Waals surface area contributed by atoms with Gasteiger partial charge in [-0.1, -0.05) is 37.6 Å². The van der Waals surface area contributed by atoms with E-state index >= 15 is 0 Å². The highest BCUT2D eigenvalue weighted by atomic mass is 35.5. The van der Waals surface area contributed by atoms with Gasteiger partial charge in [0.1, 0.15) is 0 Å². The highest BCUT2D eigenvalue weighted by Crippen LogP contribution is 2.24. The summed E-state index contributed by atoms with van der Waals surface area (Å²) in [5.41, 5.74) is 1.00. The normalized spacial score (nSPS) is 10.7. The lowest BCUT2D eigenvalue weighted by atomic mass is 9.84. The number of amides is 1. The van der Waals surface area contributed by atoms with Crippen LogP contribution in [0, 0.1) is 0 Å². The molecule has 0 unspecified atom stereocenters. The lowest BCUT2D eigenvalue weighted by Crippen LogP contribution is -2.37. The van der Waals surface area contributed by atoms with E-state index in [1.54, 1.807) is 0 Å². The molecule has 2 N–H and O–H groups in total. The Bertz CT molecular complexity index is 408. The number of hydrogen-bond acceptors (Lipinski definition) is 2. The van der Waals surface area contributed by atoms with E-state index in [1.165, 1.54) is 0 Å². The van der Waals surface area contributed by atoms with Gasteiger partial charge in [0.2, 0.25) is 5.91 Å². The zero-order valence-corrected chi connectivity index (χ0v) is 13.2. The van der Waals surface area contributed by atoms with Crippen molar-refractivity contribution in [3.8, 4) is 0 Å². The zero-order valence-electron chi connectivity index (χ0n) is 11.6. The molecule has 0 spiro atoms. The maximum Gasteiger partial charge on any atom is 0.221 e. The summed E-state index contributed by atoms with van der Waals surface area (Å²) in [6.07, 6.45) is 0.502. The summed E-state index contributed by atoms with van der Waals surface area (Å²) in [5.74, 6) is 0.0689. The van der Waals surface area contributed by atoms with Gasteiger partial charge in [-0.05, 0) is 24.7 Å². The minimum absolute atomic E-state index is 0. The third kappa shape index (κ3) is 6.28. The first-order valence-corrected chi connectivity index (χ1v) is 6.51. The van der Waals surface area contributed by atoms with Crippen molar-refractivity contribution in [1.82, 2.24) is 10.6 Å². The molecule has 0 fully saturated rings. The van der Waals surface area contributed by atoms with Gasteiger partial charge in [-0.2, -0.15) is 0 Å². The Morgan fingerprint density at radius 3 is 2.63 bits per heavy atom. The second-order valence-electron chi connectivity index (χ2n) is 5.02. The van der Waals surface area contributed by atoms with Crippen LogP contribution in [0.25, 0.3) is 0 Å². The lowest BCUT2D eigenvalue weighted by molar-refractivity contribution is -0.121.